The number of nitrogens with zero attached hydrogens (tertiary/aromatic N) is 2. The third-order valence-electron chi connectivity index (χ3n) is 2.97. The Hall–Kier alpha value is -1.20. The van der Waals surface area contributed by atoms with E-state index in [0.29, 0.717) is 19.6 Å². The fourth-order valence-electron chi connectivity index (χ4n) is 1.93. The summed E-state index contributed by atoms with van der Waals surface area (Å²) in [7, 11) is 2.77. The average Bonchev–Trinajstić information content (AvgIpc) is 2.47. The lowest BCUT2D eigenvalue weighted by Crippen LogP contribution is -2.64. The predicted molar refractivity (Wildman–Crippen MR) is 82.3 cm³/mol. The van der Waals surface area contributed by atoms with Gasteiger partial charge in [0.15, 0.2) is 0 Å². The van der Waals surface area contributed by atoms with Crippen LogP contribution in [0.15, 0.2) is 0 Å². The van der Waals surface area contributed by atoms with Crippen LogP contribution in [0.5, 0.6) is 0 Å². The molecule has 0 aliphatic rings. The van der Waals surface area contributed by atoms with Gasteiger partial charge in [-0.1, -0.05) is 6.92 Å². The fourth-order valence-corrected chi connectivity index (χ4v) is 3.91. The first-order valence-corrected chi connectivity index (χ1v) is 8.65. The SMILES string of the molecule is CCCN(C(=O)NCCN(C)CC(=O)O)[Si](OC)(OC)OC. The molecule has 0 spiro atoms. The Kier molecular flexibility index (Phi) is 9.94. The molecule has 0 aromatic heterocycles. The lowest BCUT2D eigenvalue weighted by Gasteiger charge is -2.35. The Bertz CT molecular complexity index is 345. The molecule has 2 N–H and O–H groups in total. The first kappa shape index (κ1) is 20.8. The molecule has 0 saturated heterocycles. The Balaban J connectivity index is 4.63. The summed E-state index contributed by atoms with van der Waals surface area (Å²) in [5, 5.41) is 11.4. The molecule has 0 heterocycles. The van der Waals surface area contributed by atoms with Gasteiger partial charge in [-0.3, -0.25) is 14.3 Å². The van der Waals surface area contributed by atoms with E-state index in [2.05, 4.69) is 5.32 Å². The molecule has 2 amide bonds. The highest BCUT2D eigenvalue weighted by molar-refractivity contribution is 6.60. The van der Waals surface area contributed by atoms with Gasteiger partial charge in [-0.15, -0.1) is 0 Å². The Morgan fingerprint density at radius 3 is 2.09 bits per heavy atom. The van der Waals surface area contributed by atoms with Crippen molar-refractivity contribution in [2.75, 3.05) is 54.6 Å². The molecule has 0 bridgehead atoms. The number of nitrogens with one attached hydrogen (secondary N) is 1. The summed E-state index contributed by atoms with van der Waals surface area (Å²) < 4.78 is 17.4. The van der Waals surface area contributed by atoms with Crippen LogP contribution in [-0.4, -0.2) is 90.1 Å². The van der Waals surface area contributed by atoms with Gasteiger partial charge >= 0.3 is 21.0 Å². The second kappa shape index (κ2) is 10.5. The monoisotopic (exact) mass is 337 g/mol. The van der Waals surface area contributed by atoms with Crippen molar-refractivity contribution in [3.63, 3.8) is 0 Å². The van der Waals surface area contributed by atoms with E-state index in [0.717, 1.165) is 6.42 Å². The summed E-state index contributed by atoms with van der Waals surface area (Å²) in [5.41, 5.74) is 0. The average molecular weight is 337 g/mol. The Morgan fingerprint density at radius 1 is 1.14 bits per heavy atom. The van der Waals surface area contributed by atoms with E-state index in [1.54, 1.807) is 11.9 Å². The van der Waals surface area contributed by atoms with Crippen LogP contribution in [0.2, 0.25) is 0 Å². The van der Waals surface area contributed by atoms with E-state index in [9.17, 15) is 9.59 Å². The molecule has 0 unspecified atom stereocenters. The zero-order chi connectivity index (χ0) is 17.2. The molecule has 0 radical (unpaired) electrons. The minimum absolute atomic E-state index is 0.0819. The minimum atomic E-state index is -3.22. The van der Waals surface area contributed by atoms with E-state index < -0.39 is 14.9 Å². The van der Waals surface area contributed by atoms with Gasteiger partial charge in [0.2, 0.25) is 0 Å². The molecule has 22 heavy (non-hydrogen) atoms. The van der Waals surface area contributed by atoms with Crippen LogP contribution in [0, 0.1) is 0 Å². The van der Waals surface area contributed by atoms with Crippen molar-refractivity contribution in [2.24, 2.45) is 0 Å². The van der Waals surface area contributed by atoms with Crippen LogP contribution in [0.1, 0.15) is 13.3 Å². The van der Waals surface area contributed by atoms with Crippen LogP contribution in [0.4, 0.5) is 4.79 Å². The van der Waals surface area contributed by atoms with Gasteiger partial charge in [0.05, 0.1) is 6.54 Å². The number of hydrogen-bond acceptors (Lipinski definition) is 6. The zero-order valence-electron chi connectivity index (χ0n) is 13.9. The second-order valence-corrected chi connectivity index (χ2v) is 7.46. The first-order chi connectivity index (χ1) is 10.4. The van der Waals surface area contributed by atoms with Crippen molar-refractivity contribution in [3.05, 3.63) is 0 Å². The summed E-state index contributed by atoms with van der Waals surface area (Å²) in [6, 6.07) is -0.359. The third-order valence-corrected chi connectivity index (χ3v) is 5.61. The molecule has 0 aromatic rings. The number of urea groups is 1. The van der Waals surface area contributed by atoms with E-state index in [4.69, 9.17) is 18.4 Å². The summed E-state index contributed by atoms with van der Waals surface area (Å²) in [6.07, 6.45) is 0.719. The summed E-state index contributed by atoms with van der Waals surface area (Å²) >= 11 is 0. The number of carboxylic acids is 1. The van der Waals surface area contributed by atoms with E-state index in [1.807, 2.05) is 6.92 Å². The number of hydrogen-bond donors (Lipinski definition) is 2. The molecular weight excluding hydrogens is 310 g/mol. The van der Waals surface area contributed by atoms with Gasteiger partial charge in [-0.25, -0.2) is 4.79 Å². The van der Waals surface area contributed by atoms with Crippen LogP contribution in [0.25, 0.3) is 0 Å². The smallest absolute Gasteiger partial charge is 0.480 e. The molecule has 0 rings (SSSR count). The highest BCUT2D eigenvalue weighted by Crippen LogP contribution is 2.14. The highest BCUT2D eigenvalue weighted by atomic mass is 28.4. The van der Waals surface area contributed by atoms with E-state index >= 15 is 0 Å². The van der Waals surface area contributed by atoms with Gasteiger partial charge in [-0.2, -0.15) is 0 Å². The molecule has 0 aromatic carbocycles. The largest absolute Gasteiger partial charge is 0.636 e. The fraction of sp³-hybridized carbons (Fsp3) is 0.833. The van der Waals surface area contributed by atoms with Crippen LogP contribution >= 0.6 is 0 Å². The van der Waals surface area contributed by atoms with Crippen molar-refractivity contribution in [3.8, 4) is 0 Å². The third kappa shape index (κ3) is 6.28. The van der Waals surface area contributed by atoms with Gasteiger partial charge < -0.3 is 23.7 Å². The van der Waals surface area contributed by atoms with Gasteiger partial charge in [0.25, 0.3) is 0 Å². The predicted octanol–water partition coefficient (Wildman–Crippen LogP) is -0.201. The number of likely N-dealkylation sites (N-methyl/N-ethyl adjacent to an activating group) is 1. The van der Waals surface area contributed by atoms with Gasteiger partial charge in [-0.05, 0) is 13.5 Å². The minimum Gasteiger partial charge on any atom is -0.480 e. The molecule has 9 nitrogen and oxygen atoms in total. The van der Waals surface area contributed by atoms with Crippen molar-refractivity contribution in [2.45, 2.75) is 13.3 Å². The lowest BCUT2D eigenvalue weighted by molar-refractivity contribution is -0.137. The maximum Gasteiger partial charge on any atom is 0.636 e. The molecule has 10 heteroatoms. The second-order valence-electron chi connectivity index (χ2n) is 4.65. The van der Waals surface area contributed by atoms with Crippen molar-refractivity contribution >= 4 is 21.0 Å². The molecule has 0 atom stereocenters. The highest BCUT2D eigenvalue weighted by Gasteiger charge is 2.49. The lowest BCUT2D eigenvalue weighted by atomic mass is 10.5. The number of rotatable bonds is 11. The Labute approximate surface area is 132 Å². The molecule has 0 aliphatic heterocycles. The Morgan fingerprint density at radius 2 is 1.68 bits per heavy atom. The molecule has 130 valence electrons. The number of carbonyl (C=O) groups excluding carboxylic acids is 1. The van der Waals surface area contributed by atoms with E-state index in [-0.39, 0.29) is 12.6 Å². The van der Waals surface area contributed by atoms with Gasteiger partial charge in [0.1, 0.15) is 0 Å². The normalized spacial score (nSPS) is 11.5. The number of carbonyl (C=O) groups is 2. The topological polar surface area (TPSA) is 101 Å². The van der Waals surface area contributed by atoms with Crippen LogP contribution < -0.4 is 5.32 Å². The molecule has 0 aliphatic carbocycles. The number of aliphatic carboxylic acids is 1. The quantitative estimate of drug-likeness (QED) is 0.504. The maximum atomic E-state index is 12.3. The molecular formula is C12H27N3O6Si. The summed E-state index contributed by atoms with van der Waals surface area (Å²) in [6.45, 7) is 3.00. The van der Waals surface area contributed by atoms with Crippen molar-refractivity contribution in [1.29, 1.82) is 0 Å². The zero-order valence-corrected chi connectivity index (χ0v) is 14.9. The van der Waals surface area contributed by atoms with Crippen molar-refractivity contribution < 1.29 is 28.0 Å². The summed E-state index contributed by atoms with van der Waals surface area (Å²) in [5.74, 6) is -0.911. The van der Waals surface area contributed by atoms with E-state index in [1.165, 1.54) is 25.9 Å². The number of carboxylic acid groups (broad SMARTS) is 1. The van der Waals surface area contributed by atoms with Gasteiger partial charge in [0, 0.05) is 41.0 Å². The van der Waals surface area contributed by atoms with Crippen LogP contribution in [0.3, 0.4) is 0 Å². The van der Waals surface area contributed by atoms with Crippen LogP contribution in [-0.2, 0) is 18.1 Å². The number of amides is 2. The molecule has 0 fully saturated rings. The molecule has 0 saturated carbocycles. The maximum absolute atomic E-state index is 12.3. The standard InChI is InChI=1S/C12H27N3O6Si/c1-6-8-15(22(19-3,20-4)21-5)12(18)13-7-9-14(2)10-11(16)17/h6-10H2,1-5H3,(H,13,18)(H,16,17). The van der Waals surface area contributed by atoms with Crippen molar-refractivity contribution in [1.82, 2.24) is 14.8 Å². The summed E-state index contributed by atoms with van der Waals surface area (Å²) in [4.78, 5) is 24.5. The first-order valence-electron chi connectivity index (χ1n) is 6.98.